The average Bonchev–Trinajstić information content (AvgIpc) is 2.54. The van der Waals surface area contributed by atoms with E-state index in [1.165, 1.54) is 0 Å². The zero-order valence-corrected chi connectivity index (χ0v) is 14.5. The number of benzene rings is 1. The van der Waals surface area contributed by atoms with Crippen LogP contribution < -0.4 is 10.6 Å². The lowest BCUT2D eigenvalue weighted by Crippen LogP contribution is -2.26. The van der Waals surface area contributed by atoms with Gasteiger partial charge in [-0.25, -0.2) is 0 Å². The quantitative estimate of drug-likeness (QED) is 0.475. The maximum atomic E-state index is 11.0. The van der Waals surface area contributed by atoms with E-state index in [1.807, 2.05) is 13.0 Å². The molecule has 0 aliphatic carbocycles. The lowest BCUT2D eigenvalue weighted by molar-refractivity contribution is -0.118. The Morgan fingerprint density at radius 3 is 2.70 bits per heavy atom. The van der Waals surface area contributed by atoms with E-state index < -0.39 is 0 Å². The number of hydrogen-bond donors (Lipinski definition) is 2. The van der Waals surface area contributed by atoms with Gasteiger partial charge in [-0.1, -0.05) is 24.3 Å². The molecule has 2 N–H and O–H groups in total. The number of rotatable bonds is 6. The molecule has 0 unspecified atom stereocenters. The minimum Gasteiger partial charge on any atom is -0.480 e. The van der Waals surface area contributed by atoms with E-state index in [1.54, 1.807) is 32.2 Å². The van der Waals surface area contributed by atoms with E-state index >= 15 is 0 Å². The van der Waals surface area contributed by atoms with Crippen molar-refractivity contribution in [2.45, 2.75) is 13.8 Å². The van der Waals surface area contributed by atoms with E-state index in [-0.39, 0.29) is 12.5 Å². The number of amides is 1. The first-order chi connectivity index (χ1) is 11.0. The zero-order chi connectivity index (χ0) is 17.7. The van der Waals surface area contributed by atoms with Gasteiger partial charge in [-0.2, -0.15) is 5.10 Å². The number of anilines is 1. The maximum absolute atomic E-state index is 11.0. The maximum Gasteiger partial charge on any atom is 0.239 e. The van der Waals surface area contributed by atoms with Crippen molar-refractivity contribution in [3.05, 3.63) is 35.4 Å². The molecule has 0 aliphatic rings. The van der Waals surface area contributed by atoms with Crippen molar-refractivity contribution in [1.82, 2.24) is 5.32 Å². The highest BCUT2D eigenvalue weighted by molar-refractivity contribution is 6.30. The van der Waals surface area contributed by atoms with Crippen LogP contribution in [0.2, 0.25) is 5.02 Å². The van der Waals surface area contributed by atoms with Crippen molar-refractivity contribution in [2.24, 2.45) is 10.2 Å². The minimum atomic E-state index is -0.0695. The molecule has 1 aromatic carbocycles. The van der Waals surface area contributed by atoms with Crippen LogP contribution >= 0.6 is 11.6 Å². The summed E-state index contributed by atoms with van der Waals surface area (Å²) in [4.78, 5) is 11.0. The topological polar surface area (TPSA) is 75.1 Å². The Morgan fingerprint density at radius 1 is 1.48 bits per heavy atom. The molecule has 1 amide bonds. The van der Waals surface area contributed by atoms with Gasteiger partial charge in [0.1, 0.15) is 0 Å². The van der Waals surface area contributed by atoms with Gasteiger partial charge in [0.05, 0.1) is 13.2 Å². The third-order valence-corrected chi connectivity index (χ3v) is 2.75. The van der Waals surface area contributed by atoms with Gasteiger partial charge in [-0.05, 0) is 30.7 Å². The Balaban J connectivity index is 0.000000515. The first kappa shape index (κ1) is 20.7. The molecule has 0 aliphatic heterocycles. The number of ether oxygens (including phenoxy) is 1. The minimum absolute atomic E-state index is 0.0695. The molecule has 0 aromatic heterocycles. The number of likely N-dealkylation sites (N-methyl/N-ethyl adjacent to an activating group) is 1. The number of nitrogens with zero attached hydrogens (tertiary/aromatic N) is 2. The molecule has 0 saturated carbocycles. The van der Waals surface area contributed by atoms with Crippen LogP contribution in [0.1, 0.15) is 19.4 Å². The molecule has 0 atom stereocenters. The molecular weight excluding hydrogens is 316 g/mol. The number of nitrogens with one attached hydrogen (secondary N) is 2. The second-order valence-electron chi connectivity index (χ2n) is 4.16. The van der Waals surface area contributed by atoms with Gasteiger partial charge in [0.2, 0.25) is 11.8 Å². The number of hydrogen-bond acceptors (Lipinski definition) is 5. The molecule has 0 bridgehead atoms. The highest BCUT2D eigenvalue weighted by Crippen LogP contribution is 2.21. The van der Waals surface area contributed by atoms with Crippen molar-refractivity contribution in [1.29, 1.82) is 0 Å². The fourth-order valence-corrected chi connectivity index (χ4v) is 1.65. The van der Waals surface area contributed by atoms with Gasteiger partial charge >= 0.3 is 0 Å². The van der Waals surface area contributed by atoms with Crippen LogP contribution in [0.5, 0.6) is 0 Å². The summed E-state index contributed by atoms with van der Waals surface area (Å²) >= 11 is 5.83. The van der Waals surface area contributed by atoms with Crippen LogP contribution in [-0.4, -0.2) is 38.7 Å². The summed E-state index contributed by atoms with van der Waals surface area (Å²) in [5.74, 6) is 0.488. The first-order valence-corrected chi connectivity index (χ1v) is 7.35. The summed E-state index contributed by atoms with van der Waals surface area (Å²) in [5.41, 5.74) is 1.73. The lowest BCUT2D eigenvalue weighted by atomic mass is 10.2. The number of carbonyl (C=O) groups excluding carboxylic acids is 1. The molecule has 7 heteroatoms. The fourth-order valence-electron chi connectivity index (χ4n) is 1.46. The van der Waals surface area contributed by atoms with Crippen LogP contribution in [0.4, 0.5) is 5.69 Å². The predicted molar refractivity (Wildman–Crippen MR) is 98.4 cm³/mol. The zero-order valence-electron chi connectivity index (χ0n) is 13.7. The predicted octanol–water partition coefficient (Wildman–Crippen LogP) is 3.20. The van der Waals surface area contributed by atoms with Gasteiger partial charge in [-0.15, -0.1) is 5.10 Å². The van der Waals surface area contributed by atoms with Crippen molar-refractivity contribution >= 4 is 41.9 Å². The smallest absolute Gasteiger partial charge is 0.239 e. The number of carbonyl (C=O) groups is 1. The molecule has 126 valence electrons. The van der Waals surface area contributed by atoms with E-state index in [4.69, 9.17) is 16.3 Å². The van der Waals surface area contributed by atoms with E-state index in [9.17, 15) is 4.79 Å². The average molecular weight is 339 g/mol. The Bertz CT molecular complexity index is 559. The fraction of sp³-hybridized carbons (Fsp3) is 0.312. The Morgan fingerprint density at radius 2 is 2.17 bits per heavy atom. The molecule has 0 fully saturated rings. The van der Waals surface area contributed by atoms with Gasteiger partial charge < -0.3 is 15.4 Å². The SMILES string of the molecule is C=Cc1cc(Cl)ccc1NCC(=O)NC.C=N/N=C(/C)OCC. The van der Waals surface area contributed by atoms with Crippen LogP contribution in [0.15, 0.2) is 35.0 Å². The summed E-state index contributed by atoms with van der Waals surface area (Å²) in [5, 5.41) is 13.0. The third-order valence-electron chi connectivity index (χ3n) is 2.52. The third kappa shape index (κ3) is 9.31. The van der Waals surface area contributed by atoms with Gasteiger partial charge in [0.25, 0.3) is 0 Å². The largest absolute Gasteiger partial charge is 0.480 e. The highest BCUT2D eigenvalue weighted by atomic mass is 35.5. The van der Waals surface area contributed by atoms with E-state index in [0.717, 1.165) is 11.3 Å². The molecule has 1 aromatic rings. The second kappa shape index (κ2) is 12.2. The summed E-state index contributed by atoms with van der Waals surface area (Å²) in [6.45, 7) is 11.3. The van der Waals surface area contributed by atoms with Crippen LogP contribution in [-0.2, 0) is 9.53 Å². The summed E-state index contributed by atoms with van der Waals surface area (Å²) in [6.07, 6.45) is 1.69. The van der Waals surface area contributed by atoms with Crippen LogP contribution in [0.3, 0.4) is 0 Å². The highest BCUT2D eigenvalue weighted by Gasteiger charge is 2.02. The Labute approximate surface area is 142 Å². The molecular formula is C16H23ClN4O2. The molecule has 23 heavy (non-hydrogen) atoms. The monoisotopic (exact) mass is 338 g/mol. The molecule has 0 heterocycles. The van der Waals surface area contributed by atoms with Crippen LogP contribution in [0.25, 0.3) is 6.08 Å². The molecule has 6 nitrogen and oxygen atoms in total. The van der Waals surface area contributed by atoms with Crippen molar-refractivity contribution < 1.29 is 9.53 Å². The lowest BCUT2D eigenvalue weighted by Gasteiger charge is -2.09. The summed E-state index contributed by atoms with van der Waals surface area (Å²) in [6, 6.07) is 5.38. The molecule has 1 rings (SSSR count). The van der Waals surface area contributed by atoms with Gasteiger partial charge in [-0.3, -0.25) is 4.79 Å². The standard InChI is InChI=1S/C11H13ClN2O.C5H10N2O/c1-3-8-6-9(12)4-5-10(8)14-7-11(15)13-2;1-4-8-5(2)7-6-3/h3-6,14H,1,7H2,2H3,(H,13,15);3-4H2,1-2H3/b;7-5-. The van der Waals surface area contributed by atoms with Crippen molar-refractivity contribution in [3.63, 3.8) is 0 Å². The van der Waals surface area contributed by atoms with Crippen molar-refractivity contribution in [3.8, 4) is 0 Å². The summed E-state index contributed by atoms with van der Waals surface area (Å²) < 4.78 is 4.90. The Hall–Kier alpha value is -2.34. The Kier molecular flexibility index (Phi) is 11.0. The second-order valence-corrected chi connectivity index (χ2v) is 4.59. The molecule has 0 radical (unpaired) electrons. The summed E-state index contributed by atoms with van der Waals surface area (Å²) in [7, 11) is 1.60. The number of halogens is 1. The van der Waals surface area contributed by atoms with Crippen molar-refractivity contribution in [2.75, 3.05) is 25.5 Å². The normalized spacial score (nSPS) is 10.0. The van der Waals surface area contributed by atoms with E-state index in [0.29, 0.717) is 17.5 Å². The van der Waals surface area contributed by atoms with Gasteiger partial charge in [0, 0.05) is 31.4 Å². The molecule has 0 spiro atoms. The van der Waals surface area contributed by atoms with Crippen LogP contribution in [0, 0.1) is 0 Å². The van der Waals surface area contributed by atoms with E-state index in [2.05, 4.69) is 34.1 Å². The van der Waals surface area contributed by atoms with Gasteiger partial charge in [0.15, 0.2) is 0 Å². The first-order valence-electron chi connectivity index (χ1n) is 6.97. The molecule has 0 saturated heterocycles.